The topological polar surface area (TPSA) is 17.1 Å². The first kappa shape index (κ1) is 15.1. The smallest absolute Gasteiger partial charge is 0.185 e. The van der Waals surface area contributed by atoms with Crippen molar-refractivity contribution in [3.63, 3.8) is 0 Å². The number of rotatable bonds is 7. The number of aryl methyl sites for hydroxylation is 1. The fraction of sp³-hybridized carbons (Fsp3) is 0.389. The van der Waals surface area contributed by atoms with Gasteiger partial charge in [-0.3, -0.25) is 4.79 Å². The average molecular weight is 286 g/mol. The fourth-order valence-electron chi connectivity index (χ4n) is 2.50. The molecule has 106 valence electrons. The minimum absolute atomic E-state index is 0.237. The maximum atomic E-state index is 10.8. The molecule has 0 aliphatic heterocycles. The Hall–Kier alpha value is -1.28. The number of hydrogen-bond donors (Lipinski definition) is 0. The Morgan fingerprint density at radius 1 is 0.950 bits per heavy atom. The van der Waals surface area contributed by atoms with Gasteiger partial charge in [-0.15, -0.1) is 0 Å². The highest BCUT2D eigenvalue weighted by atomic mass is 32.2. The number of hydrogen-bond acceptors (Lipinski definition) is 2. The van der Waals surface area contributed by atoms with Crippen molar-refractivity contribution in [3.05, 3.63) is 48.0 Å². The minimum Gasteiger partial charge on any atom is -0.288 e. The molecular weight excluding hydrogens is 264 g/mol. The van der Waals surface area contributed by atoms with Crippen LogP contribution in [-0.4, -0.2) is 10.9 Å². The summed E-state index contributed by atoms with van der Waals surface area (Å²) in [5, 5.41) is 2.96. The predicted octanol–water partition coefficient (Wildman–Crippen LogP) is 5.22. The van der Waals surface area contributed by atoms with Gasteiger partial charge in [0.1, 0.15) is 0 Å². The first-order chi connectivity index (χ1) is 9.77. The van der Waals surface area contributed by atoms with Crippen molar-refractivity contribution in [3.8, 4) is 0 Å². The Bertz CT molecular complexity index is 557. The summed E-state index contributed by atoms with van der Waals surface area (Å²) in [4.78, 5) is 10.8. The van der Waals surface area contributed by atoms with E-state index in [1.807, 2.05) is 0 Å². The molecule has 0 aliphatic rings. The summed E-state index contributed by atoms with van der Waals surface area (Å²) in [5.41, 5.74) is 1.46. The third-order valence-corrected chi connectivity index (χ3v) is 4.43. The molecule has 0 fully saturated rings. The maximum Gasteiger partial charge on any atom is 0.185 e. The monoisotopic (exact) mass is 286 g/mol. The Labute approximate surface area is 125 Å². The molecule has 2 aromatic carbocycles. The molecule has 0 spiro atoms. The van der Waals surface area contributed by atoms with Crippen LogP contribution in [0.4, 0.5) is 0 Å². The largest absolute Gasteiger partial charge is 0.288 e. The zero-order valence-electron chi connectivity index (χ0n) is 12.1. The van der Waals surface area contributed by atoms with Crippen LogP contribution >= 0.6 is 11.8 Å². The molecule has 0 atom stereocenters. The Kier molecular flexibility index (Phi) is 6.13. The molecule has 0 N–H and O–H groups in total. The summed E-state index contributed by atoms with van der Waals surface area (Å²) in [6.07, 6.45) is 6.02. The van der Waals surface area contributed by atoms with Crippen molar-refractivity contribution < 1.29 is 4.79 Å². The van der Waals surface area contributed by atoms with Crippen LogP contribution in [0.2, 0.25) is 0 Å². The Morgan fingerprint density at radius 2 is 1.70 bits per heavy atom. The molecule has 0 aromatic heterocycles. The number of carbonyl (C=O) groups excluding carboxylic acids is 1. The van der Waals surface area contributed by atoms with Crippen LogP contribution in [0.15, 0.2) is 42.5 Å². The van der Waals surface area contributed by atoms with Crippen molar-refractivity contribution in [2.75, 3.05) is 5.75 Å². The summed E-state index contributed by atoms with van der Waals surface area (Å²) < 4.78 is 0. The lowest BCUT2D eigenvalue weighted by Crippen LogP contribution is -1.90. The molecule has 1 nitrogen and oxygen atoms in total. The van der Waals surface area contributed by atoms with E-state index < -0.39 is 0 Å². The van der Waals surface area contributed by atoms with E-state index in [9.17, 15) is 4.79 Å². The molecule has 0 radical (unpaired) electrons. The SMILES string of the molecule is CC(=O)SCCCCCCc1cccc2ccccc12. The molecule has 0 bridgehead atoms. The molecule has 0 amide bonds. The lowest BCUT2D eigenvalue weighted by Gasteiger charge is -2.06. The van der Waals surface area contributed by atoms with Gasteiger partial charge in [0.25, 0.3) is 0 Å². The molecule has 0 saturated carbocycles. The van der Waals surface area contributed by atoms with Crippen molar-refractivity contribution in [1.29, 1.82) is 0 Å². The van der Waals surface area contributed by atoms with Crippen LogP contribution in [0.5, 0.6) is 0 Å². The molecule has 2 rings (SSSR count). The second kappa shape index (κ2) is 8.11. The van der Waals surface area contributed by atoms with Crippen LogP contribution < -0.4 is 0 Å². The highest BCUT2D eigenvalue weighted by Gasteiger charge is 2.00. The van der Waals surface area contributed by atoms with E-state index in [0.717, 1.165) is 18.6 Å². The van der Waals surface area contributed by atoms with Crippen LogP contribution in [0.3, 0.4) is 0 Å². The van der Waals surface area contributed by atoms with Crippen LogP contribution in [0.1, 0.15) is 38.2 Å². The van der Waals surface area contributed by atoms with Gasteiger partial charge in [0, 0.05) is 12.7 Å². The van der Waals surface area contributed by atoms with Gasteiger partial charge in [-0.05, 0) is 35.6 Å². The van der Waals surface area contributed by atoms with Crippen LogP contribution in [-0.2, 0) is 11.2 Å². The summed E-state index contributed by atoms with van der Waals surface area (Å²) in [6.45, 7) is 1.64. The predicted molar refractivity (Wildman–Crippen MR) is 89.3 cm³/mol. The van der Waals surface area contributed by atoms with E-state index in [4.69, 9.17) is 0 Å². The molecule has 0 unspecified atom stereocenters. The van der Waals surface area contributed by atoms with E-state index in [0.29, 0.717) is 0 Å². The van der Waals surface area contributed by atoms with Crippen molar-refractivity contribution in [1.82, 2.24) is 0 Å². The highest BCUT2D eigenvalue weighted by molar-refractivity contribution is 8.13. The Morgan fingerprint density at radius 3 is 2.55 bits per heavy atom. The lowest BCUT2D eigenvalue weighted by molar-refractivity contribution is -0.109. The zero-order valence-corrected chi connectivity index (χ0v) is 12.9. The van der Waals surface area contributed by atoms with Gasteiger partial charge in [-0.25, -0.2) is 0 Å². The molecular formula is C18H22OS. The number of benzene rings is 2. The molecule has 2 heteroatoms. The van der Waals surface area contributed by atoms with Gasteiger partial charge in [0.2, 0.25) is 0 Å². The van der Waals surface area contributed by atoms with Gasteiger partial charge in [0.05, 0.1) is 0 Å². The van der Waals surface area contributed by atoms with Gasteiger partial charge >= 0.3 is 0 Å². The third kappa shape index (κ3) is 4.68. The number of fused-ring (bicyclic) bond motifs is 1. The first-order valence-electron chi connectivity index (χ1n) is 7.37. The molecule has 2 aromatic rings. The zero-order chi connectivity index (χ0) is 14.2. The normalized spacial score (nSPS) is 10.8. The number of unbranched alkanes of at least 4 members (excludes halogenated alkanes) is 3. The maximum absolute atomic E-state index is 10.8. The molecule has 0 saturated heterocycles. The fourth-order valence-corrected chi connectivity index (χ4v) is 3.13. The average Bonchev–Trinajstić information content (AvgIpc) is 2.46. The summed E-state index contributed by atoms with van der Waals surface area (Å²) >= 11 is 1.45. The van der Waals surface area contributed by atoms with Crippen molar-refractivity contribution >= 4 is 27.6 Å². The molecule has 0 heterocycles. The summed E-state index contributed by atoms with van der Waals surface area (Å²) in [6, 6.07) is 15.2. The van der Waals surface area contributed by atoms with E-state index in [1.54, 1.807) is 6.92 Å². The summed E-state index contributed by atoms with van der Waals surface area (Å²) in [7, 11) is 0. The second-order valence-electron chi connectivity index (χ2n) is 5.14. The summed E-state index contributed by atoms with van der Waals surface area (Å²) in [5.74, 6) is 0.976. The quantitative estimate of drug-likeness (QED) is 0.649. The highest BCUT2D eigenvalue weighted by Crippen LogP contribution is 2.20. The Balaban J connectivity index is 1.75. The van der Waals surface area contributed by atoms with E-state index in [2.05, 4.69) is 42.5 Å². The van der Waals surface area contributed by atoms with Crippen molar-refractivity contribution in [2.24, 2.45) is 0 Å². The van der Waals surface area contributed by atoms with Crippen LogP contribution in [0.25, 0.3) is 10.8 Å². The number of carbonyl (C=O) groups is 1. The lowest BCUT2D eigenvalue weighted by atomic mass is 9.99. The van der Waals surface area contributed by atoms with Gasteiger partial charge in [-0.1, -0.05) is 67.1 Å². The standard InChI is InChI=1S/C18H22OS/c1-15(19)20-14-7-3-2-4-9-16-11-8-12-17-10-5-6-13-18(16)17/h5-6,8,10-13H,2-4,7,9,14H2,1H3. The van der Waals surface area contributed by atoms with Crippen molar-refractivity contribution in [2.45, 2.75) is 39.0 Å². The van der Waals surface area contributed by atoms with E-state index >= 15 is 0 Å². The second-order valence-corrected chi connectivity index (χ2v) is 6.41. The van der Waals surface area contributed by atoms with Gasteiger partial charge in [0.15, 0.2) is 5.12 Å². The van der Waals surface area contributed by atoms with E-state index in [-0.39, 0.29) is 5.12 Å². The third-order valence-electron chi connectivity index (χ3n) is 3.53. The van der Waals surface area contributed by atoms with Gasteiger partial charge in [-0.2, -0.15) is 0 Å². The van der Waals surface area contributed by atoms with Crippen LogP contribution in [0, 0.1) is 0 Å². The van der Waals surface area contributed by atoms with E-state index in [1.165, 1.54) is 47.4 Å². The molecule has 20 heavy (non-hydrogen) atoms. The molecule has 0 aliphatic carbocycles. The minimum atomic E-state index is 0.237. The van der Waals surface area contributed by atoms with Gasteiger partial charge < -0.3 is 0 Å². The first-order valence-corrected chi connectivity index (χ1v) is 8.36. The number of thioether (sulfide) groups is 1.